The molecular formula is C30H22N2O3. The molecule has 35 heavy (non-hydrogen) atoms. The Morgan fingerprint density at radius 1 is 0.714 bits per heavy atom. The van der Waals surface area contributed by atoms with E-state index in [2.05, 4.69) is 29.9 Å². The first-order valence-corrected chi connectivity index (χ1v) is 11.8. The van der Waals surface area contributed by atoms with Gasteiger partial charge in [0.2, 0.25) is 0 Å². The lowest BCUT2D eigenvalue weighted by Crippen LogP contribution is -2.43. The zero-order valence-electron chi connectivity index (χ0n) is 19.3. The monoisotopic (exact) mass is 458 g/mol. The van der Waals surface area contributed by atoms with E-state index in [9.17, 15) is 14.4 Å². The van der Waals surface area contributed by atoms with Gasteiger partial charge in [-0.25, -0.2) is 0 Å². The van der Waals surface area contributed by atoms with Gasteiger partial charge in [-0.1, -0.05) is 62.4 Å². The minimum absolute atomic E-state index is 0.0569. The number of H-pyrrole nitrogens is 2. The van der Waals surface area contributed by atoms with Gasteiger partial charge in [-0.2, -0.15) is 0 Å². The zero-order valence-corrected chi connectivity index (χ0v) is 19.3. The summed E-state index contributed by atoms with van der Waals surface area (Å²) in [5, 5.41) is 1.65. The molecule has 0 saturated carbocycles. The van der Waals surface area contributed by atoms with Crippen LogP contribution in [0.3, 0.4) is 0 Å². The fourth-order valence-corrected chi connectivity index (χ4v) is 6.29. The normalized spacial score (nSPS) is 20.6. The standard InChI is InChI=1S/C30H22N2O3/c1-30(2)20-10-6-5-9-17(20)28(34)19-12-14-22-26(24(19)30)32-21-13-11-18-23(25(21)31-22)29(35)16-8-4-3-7-15(16)27(18)33/h3-14,17,20,31-32H,1-2H3. The number of ketones is 1. The Morgan fingerprint density at radius 2 is 1.37 bits per heavy atom. The number of aromatic amines is 2. The van der Waals surface area contributed by atoms with Gasteiger partial charge in [0.25, 0.3) is 0 Å². The van der Waals surface area contributed by atoms with Gasteiger partial charge in [-0.15, -0.1) is 0 Å². The summed E-state index contributed by atoms with van der Waals surface area (Å²) in [5.41, 5.74) is 4.05. The molecule has 0 aliphatic heterocycles. The smallest absolute Gasteiger partial charge is 0.196 e. The van der Waals surface area contributed by atoms with Crippen molar-refractivity contribution in [3.8, 4) is 0 Å². The molecule has 2 aliphatic carbocycles. The van der Waals surface area contributed by atoms with E-state index in [-0.39, 0.29) is 33.9 Å². The predicted octanol–water partition coefficient (Wildman–Crippen LogP) is 5.51. The maximum atomic E-state index is 13.5. The number of fused-ring (bicyclic) bond motifs is 8. The molecule has 0 fully saturated rings. The number of Topliss-reactive ketones (excluding diaryl/α,β-unsaturated/α-hetero) is 1. The van der Waals surface area contributed by atoms with Crippen LogP contribution in [0.1, 0.15) is 29.8 Å². The molecule has 1 heterocycles. The van der Waals surface area contributed by atoms with Crippen molar-refractivity contribution in [1.82, 2.24) is 9.97 Å². The molecule has 7 rings (SSSR count). The molecule has 0 spiro atoms. The molecule has 2 unspecified atom stereocenters. The van der Waals surface area contributed by atoms with Gasteiger partial charge in [-0.3, -0.25) is 14.4 Å². The van der Waals surface area contributed by atoms with Crippen LogP contribution in [0.15, 0.2) is 82.4 Å². The third-order valence-corrected chi connectivity index (χ3v) is 8.00. The molecule has 4 aromatic carbocycles. The summed E-state index contributed by atoms with van der Waals surface area (Å²) in [7, 11) is 0. The summed E-state index contributed by atoms with van der Waals surface area (Å²) in [6.45, 7) is 4.37. The van der Waals surface area contributed by atoms with Crippen LogP contribution in [0.2, 0.25) is 0 Å². The number of carbonyl (C=O) groups excluding carboxylic acids is 1. The van der Waals surface area contributed by atoms with Crippen LogP contribution >= 0.6 is 0 Å². The summed E-state index contributed by atoms with van der Waals surface area (Å²) in [4.78, 5) is 47.1. The van der Waals surface area contributed by atoms with Crippen LogP contribution in [0.5, 0.6) is 0 Å². The van der Waals surface area contributed by atoms with E-state index in [1.54, 1.807) is 30.3 Å². The van der Waals surface area contributed by atoms with Crippen molar-refractivity contribution in [3.05, 3.63) is 104 Å². The molecule has 2 atom stereocenters. The van der Waals surface area contributed by atoms with E-state index < -0.39 is 0 Å². The number of hydrogen-bond donors (Lipinski definition) is 2. The van der Waals surface area contributed by atoms with Gasteiger partial charge in [0.1, 0.15) is 0 Å². The number of rotatable bonds is 0. The third-order valence-electron chi connectivity index (χ3n) is 8.00. The SMILES string of the molecule is CC1(C)c2c(ccc3[nH]c4c(ccc5c(=O)c6ccccc6c(=O)c54)[nH]c23)C(=O)C2C=CC=CC21. The summed E-state index contributed by atoms with van der Waals surface area (Å²) < 4.78 is 0. The van der Waals surface area contributed by atoms with Crippen LogP contribution < -0.4 is 10.9 Å². The van der Waals surface area contributed by atoms with Crippen molar-refractivity contribution < 1.29 is 4.79 Å². The van der Waals surface area contributed by atoms with Gasteiger partial charge >= 0.3 is 0 Å². The van der Waals surface area contributed by atoms with Crippen LogP contribution in [0, 0.1) is 11.8 Å². The molecule has 170 valence electrons. The van der Waals surface area contributed by atoms with E-state index in [0.29, 0.717) is 27.1 Å². The fourth-order valence-electron chi connectivity index (χ4n) is 6.29. The number of carbonyl (C=O) groups is 1. The van der Waals surface area contributed by atoms with Crippen molar-refractivity contribution in [3.63, 3.8) is 0 Å². The quantitative estimate of drug-likeness (QED) is 0.237. The van der Waals surface area contributed by atoms with Crippen LogP contribution in [-0.4, -0.2) is 15.8 Å². The average molecular weight is 459 g/mol. The molecule has 5 aromatic rings. The highest BCUT2D eigenvalue weighted by Crippen LogP contribution is 2.48. The largest absolute Gasteiger partial charge is 0.352 e. The molecule has 2 N–H and O–H groups in total. The van der Waals surface area contributed by atoms with E-state index in [1.807, 2.05) is 36.4 Å². The molecule has 2 aliphatic rings. The highest BCUT2D eigenvalue weighted by atomic mass is 16.1. The lowest BCUT2D eigenvalue weighted by molar-refractivity contribution is 0.0867. The van der Waals surface area contributed by atoms with E-state index in [4.69, 9.17) is 0 Å². The molecule has 0 radical (unpaired) electrons. The number of hydrogen-bond acceptors (Lipinski definition) is 3. The van der Waals surface area contributed by atoms with E-state index in [0.717, 1.165) is 27.7 Å². The molecule has 0 amide bonds. The maximum absolute atomic E-state index is 13.5. The minimum atomic E-state index is -0.300. The second-order valence-corrected chi connectivity index (χ2v) is 10.2. The van der Waals surface area contributed by atoms with Crippen molar-refractivity contribution in [1.29, 1.82) is 0 Å². The zero-order chi connectivity index (χ0) is 24.1. The lowest BCUT2D eigenvalue weighted by Gasteiger charge is -2.43. The van der Waals surface area contributed by atoms with Gasteiger partial charge < -0.3 is 9.97 Å². The highest BCUT2D eigenvalue weighted by molar-refractivity contribution is 6.12. The molecule has 5 heteroatoms. The summed E-state index contributed by atoms with van der Waals surface area (Å²) in [5.74, 6) is 0.0182. The maximum Gasteiger partial charge on any atom is 0.196 e. The summed E-state index contributed by atoms with van der Waals surface area (Å²) in [6, 6.07) is 14.3. The predicted molar refractivity (Wildman–Crippen MR) is 140 cm³/mol. The molecule has 0 bridgehead atoms. The Bertz CT molecular complexity index is 1950. The van der Waals surface area contributed by atoms with Crippen molar-refractivity contribution in [2.45, 2.75) is 19.3 Å². The van der Waals surface area contributed by atoms with Gasteiger partial charge in [-0.05, 0) is 41.2 Å². The molecule has 5 nitrogen and oxygen atoms in total. The number of nitrogens with one attached hydrogen (secondary N) is 2. The first-order chi connectivity index (χ1) is 16.9. The third kappa shape index (κ3) is 2.50. The van der Waals surface area contributed by atoms with Gasteiger partial charge in [0, 0.05) is 27.6 Å². The first kappa shape index (κ1) is 20.2. The fraction of sp³-hybridized carbons (Fsp3) is 0.167. The van der Waals surface area contributed by atoms with E-state index >= 15 is 0 Å². The van der Waals surface area contributed by atoms with Gasteiger partial charge in [0.15, 0.2) is 16.6 Å². The Labute approximate surface area is 199 Å². The Morgan fingerprint density at radius 3 is 2.17 bits per heavy atom. The topological polar surface area (TPSA) is 82.8 Å². The van der Waals surface area contributed by atoms with Crippen LogP contribution in [-0.2, 0) is 5.41 Å². The Hall–Kier alpha value is -4.25. The second kappa shape index (κ2) is 6.66. The Kier molecular flexibility index (Phi) is 3.84. The molecule has 0 saturated heterocycles. The number of allylic oxidation sites excluding steroid dienone is 4. The minimum Gasteiger partial charge on any atom is -0.352 e. The highest BCUT2D eigenvalue weighted by Gasteiger charge is 2.46. The average Bonchev–Trinajstić information content (AvgIpc) is 2.88. The number of aromatic nitrogens is 2. The van der Waals surface area contributed by atoms with Crippen molar-refractivity contribution in [2.24, 2.45) is 11.8 Å². The first-order valence-electron chi connectivity index (χ1n) is 11.8. The van der Waals surface area contributed by atoms with E-state index in [1.165, 1.54) is 0 Å². The molecule has 1 aromatic heterocycles. The Balaban J connectivity index is 1.61. The number of benzene rings is 4. The van der Waals surface area contributed by atoms with Crippen molar-refractivity contribution >= 4 is 49.4 Å². The van der Waals surface area contributed by atoms with Gasteiger partial charge in [0.05, 0.1) is 27.5 Å². The summed E-state index contributed by atoms with van der Waals surface area (Å²) >= 11 is 0. The summed E-state index contributed by atoms with van der Waals surface area (Å²) in [6.07, 6.45) is 8.11. The van der Waals surface area contributed by atoms with Crippen LogP contribution in [0.25, 0.3) is 43.6 Å². The van der Waals surface area contributed by atoms with Crippen LogP contribution in [0.4, 0.5) is 0 Å². The second-order valence-electron chi connectivity index (χ2n) is 10.2. The lowest BCUT2D eigenvalue weighted by atomic mass is 9.59. The van der Waals surface area contributed by atoms with Crippen molar-refractivity contribution in [2.75, 3.05) is 0 Å². The molecular weight excluding hydrogens is 436 g/mol.